The highest BCUT2D eigenvalue weighted by Gasteiger charge is 2.59. The van der Waals surface area contributed by atoms with E-state index in [1.165, 1.54) is 57.8 Å². The van der Waals surface area contributed by atoms with Gasteiger partial charge in [-0.15, -0.1) is 0 Å². The first-order chi connectivity index (χ1) is 17.2. The average molecular weight is 491 g/mol. The zero-order valence-electron chi connectivity index (χ0n) is 23.6. The molecule has 1 unspecified atom stereocenters. The molecule has 5 rings (SSSR count). The lowest BCUT2D eigenvalue weighted by Crippen LogP contribution is -2.51. The summed E-state index contributed by atoms with van der Waals surface area (Å²) in [5, 5.41) is 0. The van der Waals surface area contributed by atoms with Crippen LogP contribution in [0, 0.1) is 46.3 Å². The van der Waals surface area contributed by atoms with Gasteiger partial charge in [0, 0.05) is 6.42 Å². The van der Waals surface area contributed by atoms with Crippen molar-refractivity contribution in [3.8, 4) is 0 Å². The number of benzene rings is 1. The maximum atomic E-state index is 12.7. The molecule has 4 aliphatic carbocycles. The Balaban J connectivity index is 1.25. The van der Waals surface area contributed by atoms with Gasteiger partial charge in [-0.3, -0.25) is 0 Å². The number of esters is 1. The fourth-order valence-electron chi connectivity index (χ4n) is 9.55. The first kappa shape index (κ1) is 26.1. The molecule has 0 N–H and O–H groups in total. The van der Waals surface area contributed by atoms with Crippen molar-refractivity contribution in [1.82, 2.24) is 0 Å². The van der Waals surface area contributed by atoms with Gasteiger partial charge in [0.15, 0.2) is 0 Å². The van der Waals surface area contributed by atoms with Gasteiger partial charge in [-0.25, -0.2) is 4.79 Å². The summed E-state index contributed by atoms with van der Waals surface area (Å²) in [5.74, 6) is 5.03. The van der Waals surface area contributed by atoms with Gasteiger partial charge < -0.3 is 4.74 Å². The van der Waals surface area contributed by atoms with E-state index in [9.17, 15) is 4.79 Å². The molecule has 1 aromatic rings. The summed E-state index contributed by atoms with van der Waals surface area (Å²) in [6.45, 7) is 12.6. The van der Waals surface area contributed by atoms with Crippen LogP contribution in [0.3, 0.4) is 0 Å². The van der Waals surface area contributed by atoms with Crippen molar-refractivity contribution in [2.24, 2.45) is 46.3 Å². The van der Waals surface area contributed by atoms with E-state index in [1.807, 2.05) is 30.3 Å². The monoisotopic (exact) mass is 490 g/mol. The molecule has 0 amide bonds. The summed E-state index contributed by atoms with van der Waals surface area (Å²) in [4.78, 5) is 12.7. The summed E-state index contributed by atoms with van der Waals surface area (Å²) in [6, 6.07) is 9.49. The molecule has 0 radical (unpaired) electrons. The van der Waals surface area contributed by atoms with E-state index >= 15 is 0 Å². The van der Waals surface area contributed by atoms with Gasteiger partial charge in [-0.05, 0) is 103 Å². The molecule has 0 aromatic heterocycles. The van der Waals surface area contributed by atoms with Crippen LogP contribution in [0.2, 0.25) is 0 Å². The number of ether oxygens (including phenoxy) is 1. The van der Waals surface area contributed by atoms with Crippen molar-refractivity contribution in [3.63, 3.8) is 0 Å². The largest absolute Gasteiger partial charge is 0.458 e. The van der Waals surface area contributed by atoms with Crippen LogP contribution >= 0.6 is 0 Å². The second-order valence-corrected chi connectivity index (χ2v) is 13.9. The molecule has 2 heteroatoms. The van der Waals surface area contributed by atoms with Gasteiger partial charge in [-0.2, -0.15) is 0 Å². The van der Waals surface area contributed by atoms with Crippen LogP contribution in [-0.2, 0) is 4.74 Å². The number of rotatable bonds is 7. The lowest BCUT2D eigenvalue weighted by Gasteiger charge is -2.58. The molecule has 0 heterocycles. The molecule has 2 nitrogen and oxygen atoms in total. The van der Waals surface area contributed by atoms with Gasteiger partial charge >= 0.3 is 5.97 Å². The van der Waals surface area contributed by atoms with Crippen molar-refractivity contribution in [2.75, 3.05) is 0 Å². The molecular formula is C34H50O2. The summed E-state index contributed by atoms with van der Waals surface area (Å²) in [5.41, 5.74) is 3.12. The zero-order chi connectivity index (χ0) is 25.5. The fraction of sp³-hybridized carbons (Fsp3) is 0.735. The molecule has 8 atom stereocenters. The Morgan fingerprint density at radius 1 is 0.972 bits per heavy atom. The first-order valence-electron chi connectivity index (χ1n) is 15.2. The number of hydrogen-bond acceptors (Lipinski definition) is 2. The van der Waals surface area contributed by atoms with Crippen molar-refractivity contribution in [3.05, 3.63) is 47.5 Å². The normalized spacial score (nSPS) is 38.5. The second-order valence-electron chi connectivity index (χ2n) is 13.9. The van der Waals surface area contributed by atoms with Gasteiger partial charge in [-0.1, -0.05) is 83.7 Å². The van der Waals surface area contributed by atoms with E-state index in [0.29, 0.717) is 16.4 Å². The Bertz CT molecular complexity index is 947. The molecule has 3 saturated carbocycles. The smallest absolute Gasteiger partial charge is 0.338 e. The third-order valence-corrected chi connectivity index (χ3v) is 11.5. The molecule has 36 heavy (non-hydrogen) atoms. The van der Waals surface area contributed by atoms with E-state index in [-0.39, 0.29) is 12.1 Å². The van der Waals surface area contributed by atoms with Crippen LogP contribution in [0.25, 0.3) is 0 Å². The van der Waals surface area contributed by atoms with Crippen LogP contribution in [-0.4, -0.2) is 12.1 Å². The molecule has 3 fully saturated rings. The summed E-state index contributed by atoms with van der Waals surface area (Å²) >= 11 is 0. The standard InChI is InChI=1S/C34H50O2/c1-23(2)10-9-11-24(3)29-16-17-30-28-15-14-26-22-27(36-32(35)25-12-7-6-8-13-25)18-20-33(26,4)31(28)19-21-34(29,30)5/h6-8,12-14,23-24,27-31H,9-11,15-22H2,1-5H3/t24-,27+,28-,29?,30-,31-,33+,34+/m1/s1. The predicted octanol–water partition coefficient (Wildman–Crippen LogP) is 9.25. The number of allylic oxidation sites excluding steroid dienone is 1. The minimum Gasteiger partial charge on any atom is -0.458 e. The van der Waals surface area contributed by atoms with Gasteiger partial charge in [0.1, 0.15) is 6.10 Å². The second kappa shape index (κ2) is 10.3. The van der Waals surface area contributed by atoms with Crippen LogP contribution < -0.4 is 0 Å². The molecule has 198 valence electrons. The number of hydrogen-bond donors (Lipinski definition) is 0. The minimum absolute atomic E-state index is 0.0324. The van der Waals surface area contributed by atoms with Crippen molar-refractivity contribution >= 4 is 5.97 Å². The van der Waals surface area contributed by atoms with Gasteiger partial charge in [0.05, 0.1) is 5.56 Å². The maximum absolute atomic E-state index is 12.7. The van der Waals surface area contributed by atoms with E-state index in [2.05, 4.69) is 40.7 Å². The molecule has 4 aliphatic rings. The molecule has 1 aromatic carbocycles. The number of carbonyl (C=O) groups excluding carboxylic acids is 1. The van der Waals surface area contributed by atoms with Crippen LogP contribution in [0.5, 0.6) is 0 Å². The van der Waals surface area contributed by atoms with Gasteiger partial charge in [0.25, 0.3) is 0 Å². The molecule has 0 saturated heterocycles. The number of carbonyl (C=O) groups is 1. The molecule has 0 aliphatic heterocycles. The summed E-state index contributed by atoms with van der Waals surface area (Å²) in [6.07, 6.45) is 17.0. The van der Waals surface area contributed by atoms with E-state index < -0.39 is 0 Å². The lowest BCUT2D eigenvalue weighted by atomic mass is 9.47. The molecule has 0 bridgehead atoms. The van der Waals surface area contributed by atoms with E-state index in [1.54, 1.807) is 5.57 Å². The Kier molecular flexibility index (Phi) is 7.45. The van der Waals surface area contributed by atoms with Crippen molar-refractivity contribution < 1.29 is 9.53 Å². The average Bonchev–Trinajstić information content (AvgIpc) is 3.22. The Labute approximate surface area is 220 Å². The quantitative estimate of drug-likeness (QED) is 0.281. The minimum atomic E-state index is -0.161. The van der Waals surface area contributed by atoms with E-state index in [0.717, 1.165) is 48.3 Å². The third-order valence-electron chi connectivity index (χ3n) is 11.5. The Morgan fingerprint density at radius 3 is 2.50 bits per heavy atom. The van der Waals surface area contributed by atoms with Crippen molar-refractivity contribution in [2.45, 2.75) is 111 Å². The Hall–Kier alpha value is -1.57. The fourth-order valence-corrected chi connectivity index (χ4v) is 9.55. The topological polar surface area (TPSA) is 26.3 Å². The number of fused-ring (bicyclic) bond motifs is 5. The molecule has 0 spiro atoms. The SMILES string of the molecule is CC(C)CCC[C@@H](C)C1CC[C@@H]2[C@H]3CC=C4C[C@@H](OC(=O)c5ccccc5)CC[C@]4(C)[C@@H]3CC[C@@]12C. The third kappa shape index (κ3) is 4.71. The van der Waals surface area contributed by atoms with Crippen molar-refractivity contribution in [1.29, 1.82) is 0 Å². The maximum Gasteiger partial charge on any atom is 0.338 e. The lowest BCUT2D eigenvalue weighted by molar-refractivity contribution is -0.0594. The predicted molar refractivity (Wildman–Crippen MR) is 149 cm³/mol. The highest BCUT2D eigenvalue weighted by Crippen LogP contribution is 2.67. The van der Waals surface area contributed by atoms with Crippen LogP contribution in [0.1, 0.15) is 116 Å². The van der Waals surface area contributed by atoms with E-state index in [4.69, 9.17) is 4.74 Å². The highest BCUT2D eigenvalue weighted by molar-refractivity contribution is 5.89. The van der Waals surface area contributed by atoms with Crippen LogP contribution in [0.4, 0.5) is 0 Å². The summed E-state index contributed by atoms with van der Waals surface area (Å²) < 4.78 is 6.00. The Morgan fingerprint density at radius 2 is 1.75 bits per heavy atom. The van der Waals surface area contributed by atoms with Gasteiger partial charge in [0.2, 0.25) is 0 Å². The zero-order valence-corrected chi connectivity index (χ0v) is 23.6. The summed E-state index contributed by atoms with van der Waals surface area (Å²) in [7, 11) is 0. The molecular weight excluding hydrogens is 440 g/mol. The highest BCUT2D eigenvalue weighted by atomic mass is 16.5. The van der Waals surface area contributed by atoms with Crippen LogP contribution in [0.15, 0.2) is 42.0 Å². The first-order valence-corrected chi connectivity index (χ1v) is 15.2.